The first kappa shape index (κ1) is 11.9. The molecule has 0 bridgehead atoms. The van der Waals surface area contributed by atoms with Crippen LogP contribution >= 0.6 is 15.9 Å². The molecule has 1 N–H and O–H groups in total. The van der Waals surface area contributed by atoms with Gasteiger partial charge in [-0.05, 0) is 27.2 Å². The third-order valence-corrected chi connectivity index (χ3v) is 2.20. The molecule has 1 unspecified atom stereocenters. The second-order valence-corrected chi connectivity index (χ2v) is 5.10. The highest BCUT2D eigenvalue weighted by atomic mass is 79.9. The van der Waals surface area contributed by atoms with E-state index in [9.17, 15) is 4.79 Å². The predicted octanol–water partition coefficient (Wildman–Crippen LogP) is 2.46. The Kier molecular flexibility index (Phi) is 4.83. The second kappa shape index (κ2) is 4.85. The van der Waals surface area contributed by atoms with Crippen LogP contribution in [0.5, 0.6) is 0 Å². The lowest BCUT2D eigenvalue weighted by Gasteiger charge is -2.22. The number of halogens is 1. The summed E-state index contributed by atoms with van der Waals surface area (Å²) in [6.45, 7) is 8.02. The summed E-state index contributed by atoms with van der Waals surface area (Å²) in [6.07, 6.45) is 1.91. The maximum atomic E-state index is 11.4. The largest absolute Gasteiger partial charge is 0.351 e. The Balaban J connectivity index is 3.87. The van der Waals surface area contributed by atoms with Gasteiger partial charge in [-0.25, -0.2) is 0 Å². The summed E-state index contributed by atoms with van der Waals surface area (Å²) in [4.78, 5) is 11.4. The van der Waals surface area contributed by atoms with E-state index in [-0.39, 0.29) is 16.3 Å². The Bertz CT molecular complexity index is 151. The Morgan fingerprint density at radius 1 is 1.50 bits per heavy atom. The molecule has 0 aliphatic rings. The molecule has 12 heavy (non-hydrogen) atoms. The molecule has 0 aromatic rings. The lowest BCUT2D eigenvalue weighted by molar-refractivity contribution is -0.121. The summed E-state index contributed by atoms with van der Waals surface area (Å²) in [7, 11) is 0. The summed E-state index contributed by atoms with van der Waals surface area (Å²) in [5, 5.41) is 2.92. The van der Waals surface area contributed by atoms with E-state index in [0.29, 0.717) is 0 Å². The number of carbonyl (C=O) groups excluding carboxylic acids is 1. The Morgan fingerprint density at radius 3 is 2.33 bits per heavy atom. The summed E-state index contributed by atoms with van der Waals surface area (Å²) in [6, 6.07) is 0. The summed E-state index contributed by atoms with van der Waals surface area (Å²) >= 11 is 3.34. The van der Waals surface area contributed by atoms with E-state index < -0.39 is 0 Å². The van der Waals surface area contributed by atoms with Crippen LogP contribution in [-0.4, -0.2) is 16.3 Å². The predicted molar refractivity (Wildman–Crippen MR) is 55.5 cm³/mol. The van der Waals surface area contributed by atoms with E-state index in [1.807, 2.05) is 20.8 Å². The molecule has 0 spiro atoms. The number of alkyl halides is 1. The molecule has 1 amide bonds. The van der Waals surface area contributed by atoms with Gasteiger partial charge in [0, 0.05) is 5.54 Å². The fourth-order valence-corrected chi connectivity index (χ4v) is 1.40. The van der Waals surface area contributed by atoms with Gasteiger partial charge in [-0.3, -0.25) is 4.79 Å². The van der Waals surface area contributed by atoms with Crippen LogP contribution in [0.2, 0.25) is 0 Å². The third kappa shape index (κ3) is 5.58. The molecule has 1 atom stereocenters. The van der Waals surface area contributed by atoms with E-state index in [2.05, 4.69) is 28.2 Å². The van der Waals surface area contributed by atoms with Gasteiger partial charge in [-0.1, -0.05) is 29.3 Å². The van der Waals surface area contributed by atoms with Crippen molar-refractivity contribution in [3.8, 4) is 0 Å². The SMILES string of the molecule is CCCC(Br)C(=O)NC(C)(C)C. The topological polar surface area (TPSA) is 29.1 Å². The minimum atomic E-state index is -0.128. The first-order valence-electron chi connectivity index (χ1n) is 4.33. The van der Waals surface area contributed by atoms with Gasteiger partial charge in [0.05, 0.1) is 4.83 Å². The summed E-state index contributed by atoms with van der Waals surface area (Å²) in [5.74, 6) is 0.0874. The molecule has 0 saturated heterocycles. The zero-order valence-corrected chi connectivity index (χ0v) is 9.86. The quantitative estimate of drug-likeness (QED) is 0.749. The number of carbonyl (C=O) groups is 1. The van der Waals surface area contributed by atoms with Gasteiger partial charge in [0.2, 0.25) is 5.91 Å². The molecule has 0 aromatic carbocycles. The smallest absolute Gasteiger partial charge is 0.234 e. The number of rotatable bonds is 3. The van der Waals surface area contributed by atoms with Crippen LogP contribution in [0.4, 0.5) is 0 Å². The summed E-state index contributed by atoms with van der Waals surface area (Å²) in [5.41, 5.74) is -0.128. The second-order valence-electron chi connectivity index (χ2n) is 4.00. The lowest BCUT2D eigenvalue weighted by atomic mass is 10.1. The van der Waals surface area contributed by atoms with Crippen LogP contribution in [-0.2, 0) is 4.79 Å². The fourth-order valence-electron chi connectivity index (χ4n) is 0.832. The maximum Gasteiger partial charge on any atom is 0.234 e. The average Bonchev–Trinajstić information content (AvgIpc) is 1.84. The molecule has 0 radical (unpaired) electrons. The number of nitrogens with one attached hydrogen (secondary N) is 1. The molecule has 72 valence electrons. The van der Waals surface area contributed by atoms with Gasteiger partial charge in [0.25, 0.3) is 0 Å². The van der Waals surface area contributed by atoms with E-state index in [1.165, 1.54) is 0 Å². The van der Waals surface area contributed by atoms with Crippen molar-refractivity contribution in [2.45, 2.75) is 50.9 Å². The molecule has 3 heteroatoms. The molecule has 0 heterocycles. The molecule has 0 fully saturated rings. The van der Waals surface area contributed by atoms with Crippen LogP contribution in [0.15, 0.2) is 0 Å². The highest BCUT2D eigenvalue weighted by Gasteiger charge is 2.19. The molecular formula is C9H18BrNO. The standard InChI is InChI=1S/C9H18BrNO/c1-5-6-7(10)8(12)11-9(2,3)4/h7H,5-6H2,1-4H3,(H,11,12). The van der Waals surface area contributed by atoms with Gasteiger partial charge >= 0.3 is 0 Å². The molecule has 0 aromatic heterocycles. The van der Waals surface area contributed by atoms with Crippen LogP contribution in [0.25, 0.3) is 0 Å². The molecular weight excluding hydrogens is 218 g/mol. The van der Waals surface area contributed by atoms with E-state index in [1.54, 1.807) is 0 Å². The third-order valence-electron chi connectivity index (χ3n) is 1.32. The zero-order valence-electron chi connectivity index (χ0n) is 8.28. The first-order chi connectivity index (χ1) is 5.37. The van der Waals surface area contributed by atoms with Crippen molar-refractivity contribution in [3.05, 3.63) is 0 Å². The van der Waals surface area contributed by atoms with Crippen LogP contribution in [0.3, 0.4) is 0 Å². The fraction of sp³-hybridized carbons (Fsp3) is 0.889. The lowest BCUT2D eigenvalue weighted by Crippen LogP contribution is -2.44. The van der Waals surface area contributed by atoms with Crippen LogP contribution < -0.4 is 5.32 Å². The monoisotopic (exact) mass is 235 g/mol. The Morgan fingerprint density at radius 2 is 2.00 bits per heavy atom. The molecule has 0 rings (SSSR count). The van der Waals surface area contributed by atoms with Gasteiger partial charge in [0.15, 0.2) is 0 Å². The van der Waals surface area contributed by atoms with Crippen molar-refractivity contribution in [2.24, 2.45) is 0 Å². The van der Waals surface area contributed by atoms with Gasteiger partial charge < -0.3 is 5.32 Å². The van der Waals surface area contributed by atoms with Crippen molar-refractivity contribution in [1.29, 1.82) is 0 Å². The maximum absolute atomic E-state index is 11.4. The van der Waals surface area contributed by atoms with Crippen LogP contribution in [0, 0.1) is 0 Å². The van der Waals surface area contributed by atoms with E-state index in [4.69, 9.17) is 0 Å². The minimum absolute atomic E-state index is 0.0401. The van der Waals surface area contributed by atoms with Crippen molar-refractivity contribution in [1.82, 2.24) is 5.32 Å². The van der Waals surface area contributed by atoms with Crippen molar-refractivity contribution in [3.63, 3.8) is 0 Å². The summed E-state index contributed by atoms with van der Waals surface area (Å²) < 4.78 is 0. The molecule has 2 nitrogen and oxygen atoms in total. The van der Waals surface area contributed by atoms with Crippen LogP contribution in [0.1, 0.15) is 40.5 Å². The average molecular weight is 236 g/mol. The Labute approximate surface area is 83.2 Å². The highest BCUT2D eigenvalue weighted by molar-refractivity contribution is 9.10. The molecule has 0 aliphatic carbocycles. The van der Waals surface area contributed by atoms with Gasteiger partial charge in [-0.2, -0.15) is 0 Å². The normalized spacial score (nSPS) is 14.1. The first-order valence-corrected chi connectivity index (χ1v) is 5.24. The van der Waals surface area contributed by atoms with E-state index in [0.717, 1.165) is 12.8 Å². The minimum Gasteiger partial charge on any atom is -0.351 e. The number of amides is 1. The van der Waals surface area contributed by atoms with Gasteiger partial charge in [-0.15, -0.1) is 0 Å². The Hall–Kier alpha value is -0.0500. The van der Waals surface area contributed by atoms with Gasteiger partial charge in [0.1, 0.15) is 0 Å². The number of hydrogen-bond acceptors (Lipinski definition) is 1. The zero-order chi connectivity index (χ0) is 9.78. The molecule has 0 saturated carbocycles. The number of hydrogen-bond donors (Lipinski definition) is 1. The molecule has 0 aliphatic heterocycles. The highest BCUT2D eigenvalue weighted by Crippen LogP contribution is 2.10. The van der Waals surface area contributed by atoms with Crippen molar-refractivity contribution < 1.29 is 4.79 Å². The van der Waals surface area contributed by atoms with Crippen molar-refractivity contribution in [2.75, 3.05) is 0 Å². The van der Waals surface area contributed by atoms with Crippen molar-refractivity contribution >= 4 is 21.8 Å². The van der Waals surface area contributed by atoms with E-state index >= 15 is 0 Å².